The van der Waals surface area contributed by atoms with E-state index in [9.17, 15) is 14.4 Å². The lowest BCUT2D eigenvalue weighted by atomic mass is 10.1. The van der Waals surface area contributed by atoms with Gasteiger partial charge in [0.1, 0.15) is 6.04 Å². The van der Waals surface area contributed by atoms with Gasteiger partial charge in [0.2, 0.25) is 5.91 Å². The van der Waals surface area contributed by atoms with Gasteiger partial charge >= 0.3 is 12.0 Å². The molecule has 0 saturated heterocycles. The van der Waals surface area contributed by atoms with Crippen molar-refractivity contribution in [3.63, 3.8) is 0 Å². The third-order valence-corrected chi connectivity index (χ3v) is 2.68. The van der Waals surface area contributed by atoms with Crippen molar-refractivity contribution in [3.8, 4) is 0 Å². The van der Waals surface area contributed by atoms with E-state index >= 15 is 0 Å². The maximum Gasteiger partial charge on any atom is 0.326 e. The van der Waals surface area contributed by atoms with Crippen LogP contribution in [0.1, 0.15) is 39.0 Å². The van der Waals surface area contributed by atoms with Crippen LogP contribution in [-0.4, -0.2) is 48.8 Å². The summed E-state index contributed by atoms with van der Waals surface area (Å²) in [5.41, 5.74) is 4.95. The number of ether oxygens (including phenoxy) is 1. The minimum Gasteiger partial charge on any atom is -0.480 e. The fourth-order valence-electron chi connectivity index (χ4n) is 1.48. The fraction of sp³-hybridized carbons (Fsp3) is 0.769. The lowest BCUT2D eigenvalue weighted by Crippen LogP contribution is -2.46. The van der Waals surface area contributed by atoms with Gasteiger partial charge in [-0.05, 0) is 19.3 Å². The van der Waals surface area contributed by atoms with Crippen LogP contribution < -0.4 is 16.4 Å². The molecular weight excluding hydrogens is 278 g/mol. The molecule has 122 valence electrons. The number of carboxylic acid groups (broad SMARTS) is 1. The first-order valence-corrected chi connectivity index (χ1v) is 7.10. The van der Waals surface area contributed by atoms with Gasteiger partial charge in [0.05, 0.1) is 0 Å². The SMILES string of the molecule is CCCCOCCCNC(=O)N[C@@H](CCC(N)=O)C(=O)O. The Morgan fingerprint density at radius 2 is 1.90 bits per heavy atom. The highest BCUT2D eigenvalue weighted by Gasteiger charge is 2.20. The van der Waals surface area contributed by atoms with Gasteiger partial charge in [0.15, 0.2) is 0 Å². The highest BCUT2D eigenvalue weighted by molar-refractivity contribution is 5.83. The van der Waals surface area contributed by atoms with Crippen molar-refractivity contribution in [2.45, 2.75) is 45.1 Å². The third kappa shape index (κ3) is 11.7. The lowest BCUT2D eigenvalue weighted by Gasteiger charge is -2.14. The molecule has 3 amide bonds. The van der Waals surface area contributed by atoms with Gasteiger partial charge in [-0.15, -0.1) is 0 Å². The second-order valence-electron chi connectivity index (χ2n) is 4.62. The lowest BCUT2D eigenvalue weighted by molar-refractivity contribution is -0.139. The molecule has 0 fully saturated rings. The van der Waals surface area contributed by atoms with Crippen molar-refractivity contribution in [2.75, 3.05) is 19.8 Å². The maximum atomic E-state index is 11.5. The number of urea groups is 1. The molecule has 5 N–H and O–H groups in total. The Bertz CT molecular complexity index is 336. The van der Waals surface area contributed by atoms with Gasteiger partial charge in [-0.1, -0.05) is 13.3 Å². The number of hydrogen-bond acceptors (Lipinski definition) is 4. The van der Waals surface area contributed by atoms with Crippen molar-refractivity contribution in [1.82, 2.24) is 10.6 Å². The van der Waals surface area contributed by atoms with Gasteiger partial charge in [-0.2, -0.15) is 0 Å². The summed E-state index contributed by atoms with van der Waals surface area (Å²) in [7, 11) is 0. The van der Waals surface area contributed by atoms with Gasteiger partial charge in [0, 0.05) is 26.2 Å². The average Bonchev–Trinajstić information content (AvgIpc) is 2.41. The minimum atomic E-state index is -1.20. The molecule has 0 rings (SSSR count). The monoisotopic (exact) mass is 303 g/mol. The number of amides is 3. The van der Waals surface area contributed by atoms with Crippen LogP contribution in [0.15, 0.2) is 0 Å². The maximum absolute atomic E-state index is 11.5. The molecule has 0 aliphatic heterocycles. The molecular formula is C13H25N3O5. The number of rotatable bonds is 12. The zero-order chi connectivity index (χ0) is 16.1. The number of hydrogen-bond donors (Lipinski definition) is 4. The van der Waals surface area contributed by atoms with Crippen molar-refractivity contribution in [1.29, 1.82) is 0 Å². The molecule has 8 nitrogen and oxygen atoms in total. The van der Waals surface area contributed by atoms with Crippen molar-refractivity contribution < 1.29 is 24.2 Å². The molecule has 0 bridgehead atoms. The van der Waals surface area contributed by atoms with E-state index in [1.165, 1.54) is 0 Å². The largest absolute Gasteiger partial charge is 0.480 e. The third-order valence-electron chi connectivity index (χ3n) is 2.68. The smallest absolute Gasteiger partial charge is 0.326 e. The van der Waals surface area contributed by atoms with Crippen LogP contribution in [-0.2, 0) is 14.3 Å². The van der Waals surface area contributed by atoms with E-state index in [1.54, 1.807) is 0 Å². The summed E-state index contributed by atoms with van der Waals surface area (Å²) < 4.78 is 5.32. The Hall–Kier alpha value is -1.83. The minimum absolute atomic E-state index is 0.0295. The second kappa shape index (κ2) is 12.0. The zero-order valence-corrected chi connectivity index (χ0v) is 12.4. The van der Waals surface area contributed by atoms with Gasteiger partial charge in [-0.3, -0.25) is 4.79 Å². The van der Waals surface area contributed by atoms with E-state index in [1.807, 2.05) is 0 Å². The quantitative estimate of drug-likeness (QED) is 0.383. The van der Waals surface area contributed by atoms with Crippen molar-refractivity contribution in [3.05, 3.63) is 0 Å². The van der Waals surface area contributed by atoms with Gasteiger partial charge in [-0.25, -0.2) is 9.59 Å². The number of aliphatic carboxylic acids is 1. The van der Waals surface area contributed by atoms with Gasteiger partial charge in [0.25, 0.3) is 0 Å². The summed E-state index contributed by atoms with van der Waals surface area (Å²) in [5, 5.41) is 13.7. The van der Waals surface area contributed by atoms with Crippen LogP contribution >= 0.6 is 0 Å². The van der Waals surface area contributed by atoms with Crippen molar-refractivity contribution >= 4 is 17.9 Å². The molecule has 0 aromatic rings. The Morgan fingerprint density at radius 1 is 1.24 bits per heavy atom. The standard InChI is InChI=1S/C13H25N3O5/c1-2-3-8-21-9-4-7-15-13(20)16-10(12(18)19)5-6-11(14)17/h10H,2-9H2,1H3,(H2,14,17)(H,18,19)(H2,15,16,20)/t10-/m0/s1. The Morgan fingerprint density at radius 3 is 2.48 bits per heavy atom. The van der Waals surface area contributed by atoms with Gasteiger partial charge < -0.3 is 26.2 Å². The van der Waals surface area contributed by atoms with Crippen LogP contribution in [0.2, 0.25) is 0 Å². The normalized spacial score (nSPS) is 11.7. The predicted octanol–water partition coefficient (Wildman–Crippen LogP) is 0.211. The number of carbonyl (C=O) groups is 3. The molecule has 0 spiro atoms. The van der Waals surface area contributed by atoms with E-state index in [4.69, 9.17) is 15.6 Å². The first kappa shape index (κ1) is 19.2. The predicted molar refractivity (Wildman–Crippen MR) is 76.7 cm³/mol. The molecule has 8 heteroatoms. The van der Waals surface area contributed by atoms with Crippen LogP contribution in [0.5, 0.6) is 0 Å². The topological polar surface area (TPSA) is 131 Å². The summed E-state index contributed by atoms with van der Waals surface area (Å²) in [5.74, 6) is -1.80. The highest BCUT2D eigenvalue weighted by Crippen LogP contribution is 1.97. The summed E-state index contributed by atoms with van der Waals surface area (Å²) in [6.45, 7) is 3.72. The summed E-state index contributed by atoms with van der Waals surface area (Å²) >= 11 is 0. The number of carboxylic acids is 1. The van der Waals surface area contributed by atoms with Crippen LogP contribution in [0, 0.1) is 0 Å². The second-order valence-corrected chi connectivity index (χ2v) is 4.62. The number of unbranched alkanes of at least 4 members (excludes halogenated alkanes) is 1. The summed E-state index contributed by atoms with van der Waals surface area (Å²) in [6, 6.07) is -1.71. The zero-order valence-electron chi connectivity index (χ0n) is 12.4. The van der Waals surface area contributed by atoms with E-state index in [0.29, 0.717) is 26.2 Å². The highest BCUT2D eigenvalue weighted by atomic mass is 16.5. The van der Waals surface area contributed by atoms with E-state index in [2.05, 4.69) is 17.6 Å². The fourth-order valence-corrected chi connectivity index (χ4v) is 1.48. The van der Waals surface area contributed by atoms with Crippen LogP contribution in [0.4, 0.5) is 4.79 Å². The molecule has 21 heavy (non-hydrogen) atoms. The number of carbonyl (C=O) groups excluding carboxylic acids is 2. The number of nitrogens with one attached hydrogen (secondary N) is 2. The average molecular weight is 303 g/mol. The molecule has 1 atom stereocenters. The van der Waals surface area contributed by atoms with Crippen LogP contribution in [0.25, 0.3) is 0 Å². The first-order chi connectivity index (χ1) is 9.97. The molecule has 0 heterocycles. The van der Waals surface area contributed by atoms with E-state index < -0.39 is 23.9 Å². The molecule has 0 aliphatic carbocycles. The Kier molecular flexibility index (Phi) is 10.9. The summed E-state index contributed by atoms with van der Waals surface area (Å²) in [4.78, 5) is 33.0. The Balaban J connectivity index is 3.78. The van der Waals surface area contributed by atoms with Crippen LogP contribution in [0.3, 0.4) is 0 Å². The number of primary amides is 1. The molecule has 0 saturated carbocycles. The Labute approximate surface area is 124 Å². The first-order valence-electron chi connectivity index (χ1n) is 7.10. The van der Waals surface area contributed by atoms with E-state index in [0.717, 1.165) is 12.8 Å². The molecule has 0 unspecified atom stereocenters. The summed E-state index contributed by atoms with van der Waals surface area (Å²) in [6.07, 6.45) is 2.60. The molecule has 0 aromatic heterocycles. The van der Waals surface area contributed by atoms with E-state index in [-0.39, 0.29) is 12.8 Å². The van der Waals surface area contributed by atoms with Crippen molar-refractivity contribution in [2.24, 2.45) is 5.73 Å². The molecule has 0 radical (unpaired) electrons. The molecule has 0 aromatic carbocycles. The molecule has 0 aliphatic rings. The number of nitrogens with two attached hydrogens (primary N) is 1.